The van der Waals surface area contributed by atoms with Crippen LogP contribution in [0, 0.1) is 0 Å². The van der Waals surface area contributed by atoms with Crippen LogP contribution < -0.4 is 5.76 Å². The minimum Gasteiger partial charge on any atom is -0.390 e. The summed E-state index contributed by atoms with van der Waals surface area (Å²) in [5.41, 5.74) is -0.912. The Morgan fingerprint density at radius 1 is 1.50 bits per heavy atom. The van der Waals surface area contributed by atoms with Crippen molar-refractivity contribution in [3.63, 3.8) is 0 Å². The summed E-state index contributed by atoms with van der Waals surface area (Å²) in [6.07, 6.45) is 1.12. The van der Waals surface area contributed by atoms with Crippen LogP contribution in [0.4, 0.5) is 0 Å². The fraction of sp³-hybridized carbons (Fsp3) is 0.800. The molecule has 1 rings (SSSR count). The summed E-state index contributed by atoms with van der Waals surface area (Å²) in [7, 11) is 1.49. The van der Waals surface area contributed by atoms with E-state index in [1.54, 1.807) is 0 Å². The predicted molar refractivity (Wildman–Crippen MR) is 57.0 cm³/mol. The molecule has 0 aromatic carbocycles. The molecular formula is C10H18N2O4. The van der Waals surface area contributed by atoms with Gasteiger partial charge in [-0.3, -0.25) is 0 Å². The van der Waals surface area contributed by atoms with Crippen LogP contribution in [0.5, 0.6) is 0 Å². The normalized spacial score (nSPS) is 12.0. The fourth-order valence-electron chi connectivity index (χ4n) is 1.38. The Morgan fingerprint density at radius 3 is 2.62 bits per heavy atom. The van der Waals surface area contributed by atoms with E-state index < -0.39 is 11.4 Å². The number of hydrogen-bond acceptors (Lipinski definition) is 5. The van der Waals surface area contributed by atoms with Gasteiger partial charge in [-0.25, -0.2) is 4.79 Å². The third-order valence-electron chi connectivity index (χ3n) is 2.68. The van der Waals surface area contributed by atoms with Crippen molar-refractivity contribution in [2.24, 2.45) is 0 Å². The third-order valence-corrected chi connectivity index (χ3v) is 2.68. The maximum atomic E-state index is 11.4. The summed E-state index contributed by atoms with van der Waals surface area (Å²) < 4.78 is 10.8. The van der Waals surface area contributed by atoms with Crippen molar-refractivity contribution in [1.82, 2.24) is 9.78 Å². The van der Waals surface area contributed by atoms with Gasteiger partial charge in [-0.15, -0.1) is 5.10 Å². The number of rotatable bonds is 6. The zero-order valence-electron chi connectivity index (χ0n) is 9.89. The van der Waals surface area contributed by atoms with Crippen LogP contribution in [0.1, 0.15) is 32.6 Å². The third kappa shape index (κ3) is 2.93. The Kier molecular flexibility index (Phi) is 4.26. The maximum Gasteiger partial charge on any atom is 0.437 e. The van der Waals surface area contributed by atoms with E-state index in [0.29, 0.717) is 12.8 Å². The van der Waals surface area contributed by atoms with Crippen molar-refractivity contribution in [2.45, 2.75) is 45.4 Å². The van der Waals surface area contributed by atoms with Crippen molar-refractivity contribution >= 4 is 0 Å². The van der Waals surface area contributed by atoms with Crippen molar-refractivity contribution < 1.29 is 14.3 Å². The lowest BCUT2D eigenvalue weighted by molar-refractivity contribution is 0.0101. The molecule has 0 aliphatic heterocycles. The van der Waals surface area contributed by atoms with Crippen LogP contribution in [-0.2, 0) is 17.9 Å². The summed E-state index contributed by atoms with van der Waals surface area (Å²) in [6.45, 7) is 4.03. The molecule has 6 nitrogen and oxygen atoms in total. The van der Waals surface area contributed by atoms with Gasteiger partial charge in [0.15, 0.2) is 0 Å². The van der Waals surface area contributed by atoms with E-state index in [2.05, 4.69) is 5.10 Å². The average Bonchev–Trinajstić information content (AvgIpc) is 2.59. The molecule has 16 heavy (non-hydrogen) atoms. The standard InChI is InChI=1S/C10H18N2O4/c1-4-10(14,5-2)7-12-9(13)16-8(11-12)6-15-3/h14H,4-7H2,1-3H3. The van der Waals surface area contributed by atoms with Crippen LogP contribution in [0.15, 0.2) is 9.21 Å². The van der Waals surface area contributed by atoms with E-state index in [4.69, 9.17) is 9.15 Å². The number of nitrogens with zero attached hydrogens (tertiary/aromatic N) is 2. The summed E-state index contributed by atoms with van der Waals surface area (Å²) in [5, 5.41) is 14.0. The maximum absolute atomic E-state index is 11.4. The minimum atomic E-state index is -0.912. The van der Waals surface area contributed by atoms with Crippen LogP contribution >= 0.6 is 0 Å². The van der Waals surface area contributed by atoms with Gasteiger partial charge in [0.05, 0.1) is 12.1 Å². The first-order valence-electron chi connectivity index (χ1n) is 5.32. The molecule has 0 atom stereocenters. The highest BCUT2D eigenvalue weighted by molar-refractivity contribution is 4.78. The molecule has 0 fully saturated rings. The van der Waals surface area contributed by atoms with Crippen molar-refractivity contribution in [2.75, 3.05) is 7.11 Å². The van der Waals surface area contributed by atoms with E-state index in [1.165, 1.54) is 7.11 Å². The lowest BCUT2D eigenvalue weighted by atomic mass is 9.98. The molecule has 0 aliphatic carbocycles. The van der Waals surface area contributed by atoms with Gasteiger partial charge < -0.3 is 14.3 Å². The Balaban J connectivity index is 2.84. The van der Waals surface area contributed by atoms with Crippen molar-refractivity contribution in [1.29, 1.82) is 0 Å². The molecule has 0 spiro atoms. The molecule has 1 aromatic heterocycles. The molecule has 0 bridgehead atoms. The summed E-state index contributed by atoms with van der Waals surface area (Å²) in [6, 6.07) is 0. The Labute approximate surface area is 93.8 Å². The second-order valence-electron chi connectivity index (χ2n) is 3.78. The fourth-order valence-corrected chi connectivity index (χ4v) is 1.38. The monoisotopic (exact) mass is 230 g/mol. The van der Waals surface area contributed by atoms with E-state index in [-0.39, 0.29) is 19.0 Å². The van der Waals surface area contributed by atoms with Crippen LogP contribution in [-0.4, -0.2) is 27.6 Å². The summed E-state index contributed by atoms with van der Waals surface area (Å²) in [5.74, 6) is -0.338. The first-order valence-corrected chi connectivity index (χ1v) is 5.32. The molecule has 6 heteroatoms. The van der Waals surface area contributed by atoms with Crippen molar-refractivity contribution in [3.05, 3.63) is 16.4 Å². The number of methoxy groups -OCH3 is 1. The molecular weight excluding hydrogens is 212 g/mol. The van der Waals surface area contributed by atoms with Crippen molar-refractivity contribution in [3.8, 4) is 0 Å². The molecule has 1 heterocycles. The molecule has 0 radical (unpaired) electrons. The van der Waals surface area contributed by atoms with Gasteiger partial charge in [0.1, 0.15) is 6.61 Å². The lowest BCUT2D eigenvalue weighted by Crippen LogP contribution is -2.36. The van der Waals surface area contributed by atoms with E-state index in [0.717, 1.165) is 4.68 Å². The molecule has 0 saturated carbocycles. The summed E-state index contributed by atoms with van der Waals surface area (Å²) >= 11 is 0. The quantitative estimate of drug-likeness (QED) is 0.771. The molecule has 0 saturated heterocycles. The van der Waals surface area contributed by atoms with Gasteiger partial charge in [0.2, 0.25) is 5.89 Å². The molecule has 0 amide bonds. The highest BCUT2D eigenvalue weighted by atomic mass is 16.5. The number of ether oxygens (including phenoxy) is 1. The van der Waals surface area contributed by atoms with E-state index >= 15 is 0 Å². The van der Waals surface area contributed by atoms with Gasteiger partial charge in [0.25, 0.3) is 0 Å². The molecule has 1 N–H and O–H groups in total. The number of aliphatic hydroxyl groups is 1. The van der Waals surface area contributed by atoms with Gasteiger partial charge in [-0.05, 0) is 12.8 Å². The lowest BCUT2D eigenvalue weighted by Gasteiger charge is -2.23. The van der Waals surface area contributed by atoms with Crippen LogP contribution in [0.25, 0.3) is 0 Å². The van der Waals surface area contributed by atoms with Crippen LogP contribution in [0.3, 0.4) is 0 Å². The van der Waals surface area contributed by atoms with Gasteiger partial charge in [-0.1, -0.05) is 13.8 Å². The predicted octanol–water partition coefficient (Wildman–Crippen LogP) is 0.534. The van der Waals surface area contributed by atoms with Gasteiger partial charge in [-0.2, -0.15) is 4.68 Å². The average molecular weight is 230 g/mol. The second-order valence-corrected chi connectivity index (χ2v) is 3.78. The largest absolute Gasteiger partial charge is 0.437 e. The molecule has 1 aromatic rings. The SMILES string of the molecule is CCC(O)(CC)Cn1nc(COC)oc1=O. The Morgan fingerprint density at radius 2 is 2.12 bits per heavy atom. The molecule has 0 unspecified atom stereocenters. The first kappa shape index (κ1) is 12.9. The zero-order valence-corrected chi connectivity index (χ0v) is 9.89. The zero-order chi connectivity index (χ0) is 12.2. The van der Waals surface area contributed by atoms with Crippen LogP contribution in [0.2, 0.25) is 0 Å². The Hall–Kier alpha value is -1.14. The molecule has 0 aliphatic rings. The number of hydrogen-bond donors (Lipinski definition) is 1. The highest BCUT2D eigenvalue weighted by Gasteiger charge is 2.25. The molecule has 92 valence electrons. The second kappa shape index (κ2) is 5.27. The van der Waals surface area contributed by atoms with Gasteiger partial charge >= 0.3 is 5.76 Å². The number of aromatic nitrogens is 2. The van der Waals surface area contributed by atoms with Gasteiger partial charge in [0, 0.05) is 7.11 Å². The first-order chi connectivity index (χ1) is 7.54. The van der Waals surface area contributed by atoms with E-state index in [1.807, 2.05) is 13.8 Å². The summed E-state index contributed by atoms with van der Waals surface area (Å²) in [4.78, 5) is 11.4. The highest BCUT2D eigenvalue weighted by Crippen LogP contribution is 2.16. The van der Waals surface area contributed by atoms with E-state index in [9.17, 15) is 9.90 Å². The minimum absolute atomic E-state index is 0.145. The smallest absolute Gasteiger partial charge is 0.390 e. The Bertz CT molecular complexity index is 378. The topological polar surface area (TPSA) is 77.5 Å².